The molecule has 1 heterocycles. The Kier molecular flexibility index (Phi) is 6.65. The Morgan fingerprint density at radius 3 is 2.58 bits per heavy atom. The number of fused-ring (bicyclic) bond motifs is 1. The van der Waals surface area contributed by atoms with Crippen LogP contribution >= 0.6 is 23.7 Å². The van der Waals surface area contributed by atoms with Crippen molar-refractivity contribution in [3.63, 3.8) is 0 Å². The van der Waals surface area contributed by atoms with E-state index in [0.717, 1.165) is 18.4 Å². The lowest BCUT2D eigenvalue weighted by atomic mass is 10.2. The fraction of sp³-hybridized carbons (Fsp3) is 0.308. The van der Waals surface area contributed by atoms with E-state index >= 15 is 0 Å². The zero-order valence-electron chi connectivity index (χ0n) is 12.4. The summed E-state index contributed by atoms with van der Waals surface area (Å²) in [6, 6.07) is 6.38. The SMILES string of the molecule is COC(=O)c1sc2ccccc2c1S(=O)(=O)NCC(F)(F)CN.Cl. The number of methoxy groups -OCH3 is 1. The Hall–Kier alpha value is -1.33. The van der Waals surface area contributed by atoms with Crippen LogP contribution in [0.25, 0.3) is 10.1 Å². The Morgan fingerprint density at radius 2 is 2.00 bits per heavy atom. The van der Waals surface area contributed by atoms with E-state index in [1.165, 1.54) is 6.07 Å². The summed E-state index contributed by atoms with van der Waals surface area (Å²) in [5.74, 6) is -4.23. The van der Waals surface area contributed by atoms with Gasteiger partial charge in [-0.3, -0.25) is 0 Å². The van der Waals surface area contributed by atoms with E-state index in [1.54, 1.807) is 22.9 Å². The van der Waals surface area contributed by atoms with Crippen LogP contribution in [0.5, 0.6) is 0 Å². The first-order valence-electron chi connectivity index (χ1n) is 6.39. The number of ether oxygens (including phenoxy) is 1. The van der Waals surface area contributed by atoms with Crippen LogP contribution in [-0.2, 0) is 14.8 Å². The number of benzene rings is 1. The zero-order valence-corrected chi connectivity index (χ0v) is 14.9. The van der Waals surface area contributed by atoms with Gasteiger partial charge >= 0.3 is 5.97 Å². The van der Waals surface area contributed by atoms with Crippen LogP contribution in [0.1, 0.15) is 9.67 Å². The molecule has 0 aliphatic rings. The second-order valence-corrected chi connectivity index (χ2v) is 7.39. The van der Waals surface area contributed by atoms with Crippen LogP contribution in [0.15, 0.2) is 29.2 Å². The summed E-state index contributed by atoms with van der Waals surface area (Å²) in [5, 5.41) is 0.265. The van der Waals surface area contributed by atoms with Crippen LogP contribution in [-0.4, -0.2) is 40.5 Å². The smallest absolute Gasteiger partial charge is 0.349 e. The number of nitrogens with two attached hydrogens (primary N) is 1. The van der Waals surface area contributed by atoms with Gasteiger partial charge in [0.15, 0.2) is 0 Å². The first-order chi connectivity index (χ1) is 10.7. The van der Waals surface area contributed by atoms with Gasteiger partial charge in [-0.05, 0) is 6.07 Å². The number of sulfonamides is 1. The maximum absolute atomic E-state index is 13.2. The summed E-state index contributed by atoms with van der Waals surface area (Å²) in [4.78, 5) is 11.3. The molecule has 1 aromatic heterocycles. The molecule has 6 nitrogen and oxygen atoms in total. The average Bonchev–Trinajstić information content (AvgIpc) is 2.92. The van der Waals surface area contributed by atoms with Crippen LogP contribution in [0.2, 0.25) is 0 Å². The lowest BCUT2D eigenvalue weighted by Crippen LogP contribution is -2.41. The maximum Gasteiger partial charge on any atom is 0.349 e. The van der Waals surface area contributed by atoms with E-state index in [-0.39, 0.29) is 27.6 Å². The number of esters is 1. The van der Waals surface area contributed by atoms with Crippen molar-refractivity contribution in [1.29, 1.82) is 0 Å². The molecule has 11 heteroatoms. The van der Waals surface area contributed by atoms with E-state index in [2.05, 4.69) is 4.74 Å². The summed E-state index contributed by atoms with van der Waals surface area (Å²) in [7, 11) is -3.24. The summed E-state index contributed by atoms with van der Waals surface area (Å²) in [6.45, 7) is -2.15. The van der Waals surface area contributed by atoms with Gasteiger partial charge in [-0.2, -0.15) is 0 Å². The van der Waals surface area contributed by atoms with Gasteiger partial charge in [0, 0.05) is 10.1 Å². The molecule has 24 heavy (non-hydrogen) atoms. The molecule has 0 saturated carbocycles. The van der Waals surface area contributed by atoms with Gasteiger partial charge < -0.3 is 10.5 Å². The third kappa shape index (κ3) is 4.19. The highest BCUT2D eigenvalue weighted by molar-refractivity contribution is 7.90. The normalized spacial score (nSPS) is 12.0. The standard InChI is InChI=1S/C13H14F2N2O4S2.ClH/c1-21-12(18)10-11(8-4-2-3-5-9(8)22-10)23(19,20)17-7-13(14,15)6-16;/h2-5,17H,6-7,16H2,1H3;1H. The second kappa shape index (κ2) is 7.70. The minimum absolute atomic E-state index is 0. The molecule has 0 aliphatic heterocycles. The van der Waals surface area contributed by atoms with E-state index in [4.69, 9.17) is 5.73 Å². The molecule has 134 valence electrons. The molecule has 0 saturated heterocycles. The quantitative estimate of drug-likeness (QED) is 0.722. The molecular formula is C13H15ClF2N2O4S2. The van der Waals surface area contributed by atoms with Gasteiger partial charge in [0.25, 0.3) is 5.92 Å². The van der Waals surface area contributed by atoms with Crippen LogP contribution < -0.4 is 10.5 Å². The van der Waals surface area contributed by atoms with Crippen molar-refractivity contribution in [2.75, 3.05) is 20.2 Å². The molecule has 0 aliphatic carbocycles. The van der Waals surface area contributed by atoms with Crippen molar-refractivity contribution in [2.45, 2.75) is 10.8 Å². The fourth-order valence-corrected chi connectivity index (χ4v) is 4.74. The number of nitrogens with one attached hydrogen (secondary N) is 1. The predicted molar refractivity (Wildman–Crippen MR) is 89.6 cm³/mol. The predicted octanol–water partition coefficient (Wildman–Crippen LogP) is 1.98. The van der Waals surface area contributed by atoms with E-state index in [1.807, 2.05) is 0 Å². The van der Waals surface area contributed by atoms with E-state index < -0.39 is 35.0 Å². The molecule has 0 bridgehead atoms. The van der Waals surface area contributed by atoms with Crippen molar-refractivity contribution in [1.82, 2.24) is 4.72 Å². The van der Waals surface area contributed by atoms with Crippen LogP contribution in [0, 0.1) is 0 Å². The lowest BCUT2D eigenvalue weighted by Gasteiger charge is -2.15. The third-order valence-electron chi connectivity index (χ3n) is 3.01. The summed E-state index contributed by atoms with van der Waals surface area (Å²) < 4.78 is 58.2. The largest absolute Gasteiger partial charge is 0.465 e. The minimum atomic E-state index is -4.35. The molecule has 0 amide bonds. The molecule has 0 atom stereocenters. The van der Waals surface area contributed by atoms with Crippen molar-refractivity contribution in [2.24, 2.45) is 5.73 Å². The highest BCUT2D eigenvalue weighted by atomic mass is 35.5. The number of rotatable bonds is 6. The molecule has 0 spiro atoms. The van der Waals surface area contributed by atoms with Crippen molar-refractivity contribution < 1.29 is 26.7 Å². The van der Waals surface area contributed by atoms with Crippen LogP contribution in [0.4, 0.5) is 8.78 Å². The topological polar surface area (TPSA) is 98.5 Å². The lowest BCUT2D eigenvalue weighted by molar-refractivity contribution is 0.0170. The number of halogens is 3. The van der Waals surface area contributed by atoms with Crippen molar-refractivity contribution in [3.05, 3.63) is 29.1 Å². The van der Waals surface area contributed by atoms with Crippen LogP contribution in [0.3, 0.4) is 0 Å². The van der Waals surface area contributed by atoms with Gasteiger partial charge in [-0.1, -0.05) is 18.2 Å². The first kappa shape index (κ1) is 20.7. The molecule has 0 radical (unpaired) electrons. The molecule has 2 aromatic rings. The Labute approximate surface area is 147 Å². The van der Waals surface area contributed by atoms with E-state index in [0.29, 0.717) is 4.70 Å². The Morgan fingerprint density at radius 1 is 1.38 bits per heavy atom. The average molecular weight is 401 g/mol. The number of thiophene rings is 1. The monoisotopic (exact) mass is 400 g/mol. The van der Waals surface area contributed by atoms with Gasteiger partial charge in [0.1, 0.15) is 9.77 Å². The van der Waals surface area contributed by atoms with Crippen molar-refractivity contribution in [3.8, 4) is 0 Å². The number of carbonyl (C=O) groups excluding carboxylic acids is 1. The number of alkyl halides is 2. The Bertz CT molecular complexity index is 840. The summed E-state index contributed by atoms with van der Waals surface area (Å²) >= 11 is 0.917. The van der Waals surface area contributed by atoms with E-state index in [9.17, 15) is 22.0 Å². The van der Waals surface area contributed by atoms with Gasteiger partial charge in [0.05, 0.1) is 20.2 Å². The molecule has 2 rings (SSSR count). The zero-order chi connectivity index (χ0) is 17.3. The fourth-order valence-electron chi connectivity index (χ4n) is 1.86. The summed E-state index contributed by atoms with van der Waals surface area (Å²) in [6.07, 6.45) is 0. The molecule has 0 fully saturated rings. The highest BCUT2D eigenvalue weighted by Gasteiger charge is 2.33. The molecule has 1 aromatic carbocycles. The first-order valence-corrected chi connectivity index (χ1v) is 8.69. The molecule has 0 unspecified atom stereocenters. The Balaban J connectivity index is 0.00000288. The van der Waals surface area contributed by atoms with Gasteiger partial charge in [-0.25, -0.2) is 26.7 Å². The van der Waals surface area contributed by atoms with Crippen molar-refractivity contribution >= 4 is 49.8 Å². The number of carbonyl (C=O) groups is 1. The highest BCUT2D eigenvalue weighted by Crippen LogP contribution is 2.35. The number of hydrogen-bond acceptors (Lipinski definition) is 6. The third-order valence-corrected chi connectivity index (χ3v) is 5.77. The van der Waals surface area contributed by atoms with Gasteiger partial charge in [-0.15, -0.1) is 23.7 Å². The summed E-state index contributed by atoms with van der Waals surface area (Å²) in [5.41, 5.74) is 4.89. The molecular weight excluding hydrogens is 386 g/mol. The van der Waals surface area contributed by atoms with Gasteiger partial charge in [0.2, 0.25) is 10.0 Å². The number of hydrogen-bond donors (Lipinski definition) is 2. The second-order valence-electron chi connectivity index (χ2n) is 4.63. The molecule has 3 N–H and O–H groups in total. The minimum Gasteiger partial charge on any atom is -0.465 e. The maximum atomic E-state index is 13.2.